The van der Waals surface area contributed by atoms with Crippen LogP contribution in [0.1, 0.15) is 17.4 Å². The van der Waals surface area contributed by atoms with E-state index in [0.29, 0.717) is 18.2 Å². The third kappa shape index (κ3) is 1.75. The first kappa shape index (κ1) is 8.58. The maximum Gasteiger partial charge on any atom is 0.271 e. The van der Waals surface area contributed by atoms with Gasteiger partial charge in [0.2, 0.25) is 5.88 Å². The van der Waals surface area contributed by atoms with E-state index < -0.39 is 0 Å². The predicted molar refractivity (Wildman–Crippen MR) is 43.1 cm³/mol. The van der Waals surface area contributed by atoms with Gasteiger partial charge in [0.05, 0.1) is 6.61 Å². The molecule has 1 amide bonds. The van der Waals surface area contributed by atoms with E-state index in [9.17, 15) is 4.79 Å². The molecule has 0 saturated carbocycles. The van der Waals surface area contributed by atoms with Crippen molar-refractivity contribution in [3.8, 4) is 5.88 Å². The second-order valence-corrected chi connectivity index (χ2v) is 2.13. The van der Waals surface area contributed by atoms with Crippen molar-refractivity contribution in [1.29, 1.82) is 0 Å². The van der Waals surface area contributed by atoms with Gasteiger partial charge < -0.3 is 10.1 Å². The Hall–Kier alpha value is -1.52. The van der Waals surface area contributed by atoms with Crippen LogP contribution >= 0.6 is 0 Å². The summed E-state index contributed by atoms with van der Waals surface area (Å²) in [5, 5.41) is 8.79. The molecule has 0 fully saturated rings. The molecule has 5 nitrogen and oxygen atoms in total. The highest BCUT2D eigenvalue weighted by molar-refractivity contribution is 5.92. The molecule has 0 unspecified atom stereocenters. The van der Waals surface area contributed by atoms with E-state index >= 15 is 0 Å². The Morgan fingerprint density at radius 3 is 3.17 bits per heavy atom. The van der Waals surface area contributed by atoms with Crippen molar-refractivity contribution in [2.45, 2.75) is 6.92 Å². The predicted octanol–water partition coefficient (Wildman–Crippen LogP) is 0.168. The highest BCUT2D eigenvalue weighted by Crippen LogP contribution is 2.07. The summed E-state index contributed by atoms with van der Waals surface area (Å²) < 4.78 is 5.08. The number of carbonyl (C=O) groups excluding carboxylic acids is 1. The van der Waals surface area contributed by atoms with Gasteiger partial charge in [-0.05, 0) is 6.92 Å². The van der Waals surface area contributed by atoms with Crippen LogP contribution in [0.2, 0.25) is 0 Å². The molecule has 0 aliphatic heterocycles. The third-order valence-corrected chi connectivity index (χ3v) is 1.31. The van der Waals surface area contributed by atoms with Gasteiger partial charge in [-0.2, -0.15) is 5.10 Å². The average molecular weight is 169 g/mol. The van der Waals surface area contributed by atoms with Crippen molar-refractivity contribution in [2.75, 3.05) is 13.7 Å². The maximum absolute atomic E-state index is 11.0. The second-order valence-electron chi connectivity index (χ2n) is 2.13. The normalized spacial score (nSPS) is 9.50. The van der Waals surface area contributed by atoms with Gasteiger partial charge in [-0.3, -0.25) is 4.79 Å². The average Bonchev–Trinajstić information content (AvgIpc) is 2.52. The van der Waals surface area contributed by atoms with Crippen molar-refractivity contribution in [1.82, 2.24) is 15.5 Å². The number of hydrogen-bond donors (Lipinski definition) is 2. The van der Waals surface area contributed by atoms with Crippen LogP contribution < -0.4 is 10.1 Å². The van der Waals surface area contributed by atoms with Crippen molar-refractivity contribution >= 4 is 5.91 Å². The topological polar surface area (TPSA) is 67.0 Å². The minimum absolute atomic E-state index is 0.225. The summed E-state index contributed by atoms with van der Waals surface area (Å²) in [6.45, 7) is 2.41. The van der Waals surface area contributed by atoms with Crippen LogP contribution in [0.3, 0.4) is 0 Å². The van der Waals surface area contributed by atoms with E-state index in [4.69, 9.17) is 4.74 Å². The zero-order valence-electron chi connectivity index (χ0n) is 7.05. The van der Waals surface area contributed by atoms with Gasteiger partial charge in [0.25, 0.3) is 5.91 Å². The van der Waals surface area contributed by atoms with E-state index in [1.54, 1.807) is 13.1 Å². The van der Waals surface area contributed by atoms with Crippen LogP contribution in [0, 0.1) is 0 Å². The molecule has 5 heteroatoms. The molecule has 12 heavy (non-hydrogen) atoms. The van der Waals surface area contributed by atoms with Gasteiger partial charge in [0.1, 0.15) is 0 Å². The number of aromatic nitrogens is 2. The van der Waals surface area contributed by atoms with Gasteiger partial charge >= 0.3 is 0 Å². The highest BCUT2D eigenvalue weighted by Gasteiger charge is 2.07. The Kier molecular flexibility index (Phi) is 2.68. The Morgan fingerprint density at radius 2 is 2.58 bits per heavy atom. The first-order chi connectivity index (χ1) is 5.77. The highest BCUT2D eigenvalue weighted by atomic mass is 16.5. The van der Waals surface area contributed by atoms with Gasteiger partial charge in [0.15, 0.2) is 5.69 Å². The molecule has 2 N–H and O–H groups in total. The van der Waals surface area contributed by atoms with Crippen molar-refractivity contribution in [3.63, 3.8) is 0 Å². The molecule has 1 heterocycles. The molecule has 0 spiro atoms. The minimum atomic E-state index is -0.225. The Balaban J connectivity index is 2.70. The summed E-state index contributed by atoms with van der Waals surface area (Å²) in [4.78, 5) is 11.0. The number of ether oxygens (including phenoxy) is 1. The quantitative estimate of drug-likeness (QED) is 0.677. The lowest BCUT2D eigenvalue weighted by atomic mass is 10.4. The van der Waals surface area contributed by atoms with E-state index in [-0.39, 0.29) is 5.91 Å². The van der Waals surface area contributed by atoms with Crippen LogP contribution in [0.4, 0.5) is 0 Å². The fraction of sp³-hybridized carbons (Fsp3) is 0.429. The van der Waals surface area contributed by atoms with E-state index in [1.807, 2.05) is 6.92 Å². The monoisotopic (exact) mass is 169 g/mol. The number of amides is 1. The zero-order chi connectivity index (χ0) is 8.97. The molecule has 0 atom stereocenters. The van der Waals surface area contributed by atoms with Crippen LogP contribution in [0.15, 0.2) is 6.07 Å². The van der Waals surface area contributed by atoms with Crippen molar-refractivity contribution in [3.05, 3.63) is 11.8 Å². The summed E-state index contributed by atoms with van der Waals surface area (Å²) in [6, 6.07) is 1.56. The van der Waals surface area contributed by atoms with Gasteiger partial charge in [0, 0.05) is 13.1 Å². The van der Waals surface area contributed by atoms with Crippen LogP contribution in [0.25, 0.3) is 0 Å². The number of nitrogens with zero attached hydrogens (tertiary/aromatic N) is 1. The first-order valence-corrected chi connectivity index (χ1v) is 3.68. The first-order valence-electron chi connectivity index (χ1n) is 3.68. The minimum Gasteiger partial charge on any atom is -0.478 e. The molecule has 0 bridgehead atoms. The molecular formula is C7H11N3O2. The molecule has 1 aromatic heterocycles. The number of rotatable bonds is 3. The molecular weight excluding hydrogens is 158 g/mol. The van der Waals surface area contributed by atoms with Crippen molar-refractivity contribution in [2.24, 2.45) is 0 Å². The molecule has 0 aliphatic rings. The summed E-state index contributed by atoms with van der Waals surface area (Å²) >= 11 is 0. The van der Waals surface area contributed by atoms with Crippen LogP contribution in [-0.2, 0) is 0 Å². The fourth-order valence-corrected chi connectivity index (χ4v) is 0.778. The SMILES string of the molecule is CCOc1cc(C(=O)NC)n[nH]1. The standard InChI is InChI=1S/C7H11N3O2/c1-3-12-6-4-5(9-10-6)7(11)8-2/h4H,3H2,1-2H3,(H,8,11)(H,9,10). The smallest absolute Gasteiger partial charge is 0.271 e. The van der Waals surface area contributed by atoms with Crippen LogP contribution in [0.5, 0.6) is 5.88 Å². The second kappa shape index (κ2) is 3.75. The molecule has 1 rings (SSSR count). The number of carbonyl (C=O) groups is 1. The lowest BCUT2D eigenvalue weighted by Crippen LogP contribution is -2.17. The summed E-state index contributed by atoms with van der Waals surface area (Å²) in [6.07, 6.45) is 0. The van der Waals surface area contributed by atoms with Gasteiger partial charge in [-0.15, -0.1) is 0 Å². The third-order valence-electron chi connectivity index (χ3n) is 1.31. The molecule has 0 radical (unpaired) electrons. The maximum atomic E-state index is 11.0. The Bertz CT molecular complexity index is 269. The molecule has 0 aliphatic carbocycles. The van der Waals surface area contributed by atoms with E-state index in [1.165, 1.54) is 0 Å². The number of nitrogens with one attached hydrogen (secondary N) is 2. The fourth-order valence-electron chi connectivity index (χ4n) is 0.778. The number of aromatic amines is 1. The van der Waals surface area contributed by atoms with E-state index in [2.05, 4.69) is 15.5 Å². The summed E-state index contributed by atoms with van der Waals surface area (Å²) in [5.41, 5.74) is 0.334. The molecule has 0 saturated heterocycles. The van der Waals surface area contributed by atoms with Crippen molar-refractivity contribution < 1.29 is 9.53 Å². The largest absolute Gasteiger partial charge is 0.478 e. The summed E-state index contributed by atoms with van der Waals surface area (Å²) in [7, 11) is 1.55. The lowest BCUT2D eigenvalue weighted by molar-refractivity contribution is 0.0958. The molecule has 66 valence electrons. The van der Waals surface area contributed by atoms with Gasteiger partial charge in [-0.1, -0.05) is 0 Å². The molecule has 1 aromatic rings. The molecule has 0 aromatic carbocycles. The van der Waals surface area contributed by atoms with Crippen LogP contribution in [-0.4, -0.2) is 29.8 Å². The summed E-state index contributed by atoms with van der Waals surface area (Å²) in [5.74, 6) is 0.285. The van der Waals surface area contributed by atoms with E-state index in [0.717, 1.165) is 0 Å². The number of H-pyrrole nitrogens is 1. The number of hydrogen-bond acceptors (Lipinski definition) is 3. The lowest BCUT2D eigenvalue weighted by Gasteiger charge is -1.94. The Labute approximate surface area is 70.1 Å². The zero-order valence-corrected chi connectivity index (χ0v) is 7.05. The van der Waals surface area contributed by atoms with Gasteiger partial charge in [-0.25, -0.2) is 5.10 Å². The Morgan fingerprint density at radius 1 is 1.83 bits per heavy atom.